The minimum atomic E-state index is -3.56. The fourth-order valence-electron chi connectivity index (χ4n) is 3.38. The fourth-order valence-corrected chi connectivity index (χ4v) is 5.16. The van der Waals surface area contributed by atoms with E-state index in [4.69, 9.17) is 0 Å². The van der Waals surface area contributed by atoms with Gasteiger partial charge in [-0.15, -0.1) is 0 Å². The SMILES string of the molecule is CC[C@@H](CNc1ccc(C)cc1C)NS(=O)(=O)c1c(C)cc(C)cc1C. The van der Waals surface area contributed by atoms with Gasteiger partial charge in [0.15, 0.2) is 0 Å². The van der Waals surface area contributed by atoms with Crippen LogP contribution in [0.1, 0.15) is 41.2 Å². The molecule has 0 aliphatic carbocycles. The highest BCUT2D eigenvalue weighted by molar-refractivity contribution is 7.89. The van der Waals surface area contributed by atoms with Crippen LogP contribution < -0.4 is 10.0 Å². The van der Waals surface area contributed by atoms with Crippen molar-refractivity contribution in [1.29, 1.82) is 0 Å². The molecule has 0 saturated carbocycles. The van der Waals surface area contributed by atoms with Crippen molar-refractivity contribution in [1.82, 2.24) is 4.72 Å². The lowest BCUT2D eigenvalue weighted by Crippen LogP contribution is -2.39. The summed E-state index contributed by atoms with van der Waals surface area (Å²) in [6.07, 6.45) is 0.709. The van der Waals surface area contributed by atoms with Gasteiger partial charge in [0, 0.05) is 18.3 Å². The quantitative estimate of drug-likeness (QED) is 0.755. The van der Waals surface area contributed by atoms with E-state index in [9.17, 15) is 8.42 Å². The maximum absolute atomic E-state index is 12.9. The Bertz CT molecular complexity index is 866. The summed E-state index contributed by atoms with van der Waals surface area (Å²) in [5, 5.41) is 3.38. The third-order valence-corrected chi connectivity index (χ3v) is 6.43. The molecule has 2 aromatic rings. The third kappa shape index (κ3) is 4.86. The highest BCUT2D eigenvalue weighted by atomic mass is 32.2. The minimum Gasteiger partial charge on any atom is -0.383 e. The number of hydrogen-bond acceptors (Lipinski definition) is 3. The zero-order valence-electron chi connectivity index (χ0n) is 16.6. The summed E-state index contributed by atoms with van der Waals surface area (Å²) in [5.74, 6) is 0. The van der Waals surface area contributed by atoms with E-state index in [0.29, 0.717) is 17.9 Å². The van der Waals surface area contributed by atoms with Gasteiger partial charge in [-0.3, -0.25) is 0 Å². The average Bonchev–Trinajstić information content (AvgIpc) is 2.51. The molecular weight excluding hydrogens is 344 g/mol. The Morgan fingerprint density at radius 1 is 0.885 bits per heavy atom. The van der Waals surface area contributed by atoms with Gasteiger partial charge in [0.25, 0.3) is 0 Å². The molecule has 1 atom stereocenters. The molecule has 0 aromatic heterocycles. The summed E-state index contributed by atoms with van der Waals surface area (Å²) in [7, 11) is -3.56. The van der Waals surface area contributed by atoms with Crippen LogP contribution >= 0.6 is 0 Å². The van der Waals surface area contributed by atoms with Gasteiger partial charge < -0.3 is 5.32 Å². The Hall–Kier alpha value is -1.85. The first-order valence-corrected chi connectivity index (χ1v) is 10.5. The average molecular weight is 375 g/mol. The van der Waals surface area contributed by atoms with E-state index in [1.807, 2.05) is 45.9 Å². The van der Waals surface area contributed by atoms with Crippen LogP contribution in [0.4, 0.5) is 5.69 Å². The molecule has 0 aliphatic rings. The lowest BCUT2D eigenvalue weighted by molar-refractivity contribution is 0.547. The van der Waals surface area contributed by atoms with Crippen LogP contribution in [0.2, 0.25) is 0 Å². The van der Waals surface area contributed by atoms with Crippen molar-refractivity contribution in [3.05, 3.63) is 58.1 Å². The molecule has 26 heavy (non-hydrogen) atoms. The predicted octanol–water partition coefficient (Wildman–Crippen LogP) is 4.40. The monoisotopic (exact) mass is 374 g/mol. The molecule has 0 unspecified atom stereocenters. The Kier molecular flexibility index (Phi) is 6.48. The van der Waals surface area contributed by atoms with Crippen LogP contribution in [0.25, 0.3) is 0 Å². The van der Waals surface area contributed by atoms with E-state index in [2.05, 4.69) is 36.0 Å². The van der Waals surface area contributed by atoms with Crippen LogP contribution in [-0.4, -0.2) is 21.0 Å². The Balaban J connectivity index is 2.16. The van der Waals surface area contributed by atoms with Gasteiger partial charge in [-0.1, -0.05) is 42.3 Å². The first-order valence-electron chi connectivity index (χ1n) is 9.05. The zero-order valence-corrected chi connectivity index (χ0v) is 17.4. The molecule has 0 aliphatic heterocycles. The van der Waals surface area contributed by atoms with E-state index >= 15 is 0 Å². The molecular formula is C21H30N2O2S. The maximum Gasteiger partial charge on any atom is 0.241 e. The zero-order chi connectivity index (χ0) is 19.5. The van der Waals surface area contributed by atoms with Crippen LogP contribution in [0, 0.1) is 34.6 Å². The Labute approximate surface area is 158 Å². The van der Waals surface area contributed by atoms with Gasteiger partial charge in [-0.05, 0) is 63.8 Å². The fraction of sp³-hybridized carbons (Fsp3) is 0.429. The van der Waals surface area contributed by atoms with Crippen molar-refractivity contribution in [2.24, 2.45) is 0 Å². The number of rotatable bonds is 7. The highest BCUT2D eigenvalue weighted by Gasteiger charge is 2.23. The predicted molar refractivity (Wildman–Crippen MR) is 109 cm³/mol. The molecule has 2 aromatic carbocycles. The lowest BCUT2D eigenvalue weighted by Gasteiger charge is -2.21. The molecule has 5 heteroatoms. The molecule has 0 amide bonds. The van der Waals surface area contributed by atoms with Crippen molar-refractivity contribution < 1.29 is 8.42 Å². The van der Waals surface area contributed by atoms with Gasteiger partial charge in [0.1, 0.15) is 0 Å². The van der Waals surface area contributed by atoms with E-state index in [1.54, 1.807) is 0 Å². The first kappa shape index (κ1) is 20.5. The smallest absolute Gasteiger partial charge is 0.241 e. The largest absolute Gasteiger partial charge is 0.383 e. The van der Waals surface area contributed by atoms with Gasteiger partial charge in [-0.25, -0.2) is 13.1 Å². The summed E-state index contributed by atoms with van der Waals surface area (Å²) in [6, 6.07) is 9.86. The molecule has 2 rings (SSSR count). The van der Waals surface area contributed by atoms with Gasteiger partial charge in [0.2, 0.25) is 10.0 Å². The van der Waals surface area contributed by atoms with Crippen LogP contribution in [0.15, 0.2) is 35.2 Å². The number of benzene rings is 2. The number of anilines is 1. The number of sulfonamides is 1. The first-order chi connectivity index (χ1) is 12.1. The van der Waals surface area contributed by atoms with Crippen molar-refractivity contribution in [3.8, 4) is 0 Å². The molecule has 0 spiro atoms. The maximum atomic E-state index is 12.9. The molecule has 0 heterocycles. The van der Waals surface area contributed by atoms with Crippen molar-refractivity contribution >= 4 is 15.7 Å². The Morgan fingerprint density at radius 2 is 1.46 bits per heavy atom. The highest BCUT2D eigenvalue weighted by Crippen LogP contribution is 2.22. The summed E-state index contributed by atoms with van der Waals surface area (Å²) in [5.41, 5.74) is 6.05. The molecule has 4 nitrogen and oxygen atoms in total. The van der Waals surface area contributed by atoms with Gasteiger partial charge in [-0.2, -0.15) is 0 Å². The summed E-state index contributed by atoms with van der Waals surface area (Å²) < 4.78 is 28.7. The second kappa shape index (κ2) is 8.23. The van der Waals surface area contributed by atoms with Gasteiger partial charge in [0.05, 0.1) is 4.90 Å². The minimum absolute atomic E-state index is 0.180. The van der Waals surface area contributed by atoms with Crippen LogP contribution in [0.5, 0.6) is 0 Å². The summed E-state index contributed by atoms with van der Waals surface area (Å²) >= 11 is 0. The standard InChI is InChI=1S/C21H30N2O2S/c1-7-19(13-22-20-9-8-14(2)10-16(20)4)23-26(24,25)21-17(5)11-15(3)12-18(21)6/h8-12,19,22-23H,7,13H2,1-6H3/t19-/m0/s1. The van der Waals surface area contributed by atoms with Crippen molar-refractivity contribution in [3.63, 3.8) is 0 Å². The van der Waals surface area contributed by atoms with E-state index < -0.39 is 10.0 Å². The summed E-state index contributed by atoms with van der Waals surface area (Å²) in [4.78, 5) is 0.396. The number of hydrogen-bond donors (Lipinski definition) is 2. The number of nitrogens with one attached hydrogen (secondary N) is 2. The van der Waals surface area contributed by atoms with Crippen molar-refractivity contribution in [2.75, 3.05) is 11.9 Å². The lowest BCUT2D eigenvalue weighted by atomic mass is 10.1. The molecule has 0 fully saturated rings. The number of aryl methyl sites for hydroxylation is 5. The molecule has 0 radical (unpaired) electrons. The summed E-state index contributed by atoms with van der Waals surface area (Å²) in [6.45, 7) is 12.3. The van der Waals surface area contributed by atoms with Crippen molar-refractivity contribution in [2.45, 2.75) is 58.9 Å². The molecule has 0 saturated heterocycles. The molecule has 0 bridgehead atoms. The Morgan fingerprint density at radius 3 is 2.00 bits per heavy atom. The molecule has 142 valence electrons. The second-order valence-electron chi connectivity index (χ2n) is 7.15. The normalized spacial score (nSPS) is 12.8. The van der Waals surface area contributed by atoms with E-state index in [0.717, 1.165) is 27.9 Å². The molecule has 2 N–H and O–H groups in total. The second-order valence-corrected chi connectivity index (χ2v) is 8.80. The van der Waals surface area contributed by atoms with E-state index in [1.165, 1.54) is 5.56 Å². The van der Waals surface area contributed by atoms with E-state index in [-0.39, 0.29) is 6.04 Å². The third-order valence-electron chi connectivity index (χ3n) is 4.61. The van der Waals surface area contributed by atoms with Crippen LogP contribution in [0.3, 0.4) is 0 Å². The van der Waals surface area contributed by atoms with Crippen LogP contribution in [-0.2, 0) is 10.0 Å². The van der Waals surface area contributed by atoms with Gasteiger partial charge >= 0.3 is 0 Å². The topological polar surface area (TPSA) is 58.2 Å².